The summed E-state index contributed by atoms with van der Waals surface area (Å²) >= 11 is 33.1. The molecule has 2 nitrogen and oxygen atoms in total. The van der Waals surface area contributed by atoms with E-state index in [0.29, 0.717) is 16.5 Å². The number of nitrogens with zero attached hydrogens (tertiary/aromatic N) is 2. The lowest BCUT2D eigenvalue weighted by Crippen LogP contribution is -2.21. The lowest BCUT2D eigenvalue weighted by Gasteiger charge is -2.30. The molecule has 1 aliphatic rings. The molecule has 3 aromatic rings. The molecule has 0 aromatic heterocycles. The first-order valence-corrected chi connectivity index (χ1v) is 16.3. The van der Waals surface area contributed by atoms with E-state index in [1.54, 1.807) is 0 Å². The van der Waals surface area contributed by atoms with Crippen LogP contribution in [-0.2, 0) is 0 Å². The van der Waals surface area contributed by atoms with E-state index in [1.165, 1.54) is 11.4 Å². The summed E-state index contributed by atoms with van der Waals surface area (Å²) in [5, 5.41) is 1.31. The molecule has 0 radical (unpaired) electrons. The molecule has 0 N–H and O–H groups in total. The average Bonchev–Trinajstić information content (AvgIpc) is 2.98. The van der Waals surface area contributed by atoms with Gasteiger partial charge in [-0.15, -0.1) is 0 Å². The molecule has 42 heavy (non-hydrogen) atoms. The summed E-state index contributed by atoms with van der Waals surface area (Å²) in [4.78, 5) is 4.66. The Balaban J connectivity index is 1.92. The number of alkyl halides is 3. The molecule has 0 heterocycles. The minimum atomic E-state index is -1.57. The molecular formula is C35H37Cl5N2. The van der Waals surface area contributed by atoms with Gasteiger partial charge >= 0.3 is 0 Å². The van der Waals surface area contributed by atoms with Crippen LogP contribution in [0.25, 0.3) is 5.57 Å². The van der Waals surface area contributed by atoms with Gasteiger partial charge < -0.3 is 9.80 Å². The van der Waals surface area contributed by atoms with E-state index in [1.807, 2.05) is 30.3 Å². The number of hydrogen-bond acceptors (Lipinski definition) is 2. The monoisotopic (exact) mass is 660 g/mol. The van der Waals surface area contributed by atoms with Gasteiger partial charge in [0.05, 0.1) is 5.92 Å². The second-order valence-corrected chi connectivity index (χ2v) is 13.4. The van der Waals surface area contributed by atoms with E-state index in [9.17, 15) is 0 Å². The van der Waals surface area contributed by atoms with Crippen LogP contribution < -0.4 is 9.80 Å². The van der Waals surface area contributed by atoms with Crippen LogP contribution in [-0.4, -0.2) is 30.0 Å². The van der Waals surface area contributed by atoms with Gasteiger partial charge in [-0.1, -0.05) is 112 Å². The molecule has 0 saturated heterocycles. The zero-order valence-electron chi connectivity index (χ0n) is 24.5. The summed E-state index contributed by atoms with van der Waals surface area (Å²) in [5.74, 6) is -0.480. The number of hydrogen-bond donors (Lipinski definition) is 0. The van der Waals surface area contributed by atoms with E-state index in [2.05, 4.69) is 92.1 Å². The van der Waals surface area contributed by atoms with Crippen molar-refractivity contribution < 1.29 is 0 Å². The summed E-state index contributed by atoms with van der Waals surface area (Å²) in [6.07, 6.45) is 4.69. The Hall–Kier alpha value is -2.07. The molecule has 1 aliphatic carbocycles. The highest BCUT2D eigenvalue weighted by molar-refractivity contribution is 6.68. The quantitative estimate of drug-likeness (QED) is 0.199. The number of rotatable bonds is 10. The van der Waals surface area contributed by atoms with Gasteiger partial charge in [0.2, 0.25) is 3.79 Å². The van der Waals surface area contributed by atoms with Crippen molar-refractivity contribution in [1.82, 2.24) is 0 Å². The van der Waals surface area contributed by atoms with Crippen LogP contribution in [0, 0.1) is 0 Å². The fourth-order valence-electron chi connectivity index (χ4n) is 5.62. The Kier molecular flexibility index (Phi) is 11.4. The van der Waals surface area contributed by atoms with Gasteiger partial charge in [0, 0.05) is 53.2 Å². The lowest BCUT2D eigenvalue weighted by atomic mass is 9.83. The summed E-state index contributed by atoms with van der Waals surface area (Å²) in [6, 6.07) is 24.9. The summed E-state index contributed by atoms with van der Waals surface area (Å²) < 4.78 is -1.57. The van der Waals surface area contributed by atoms with Crippen molar-refractivity contribution in [2.75, 3.05) is 36.0 Å². The van der Waals surface area contributed by atoms with E-state index in [4.69, 9.17) is 58.0 Å². The molecule has 0 fully saturated rings. The van der Waals surface area contributed by atoms with Crippen LogP contribution in [0.1, 0.15) is 56.7 Å². The van der Waals surface area contributed by atoms with Crippen molar-refractivity contribution in [1.29, 1.82) is 0 Å². The SMILES string of the molecule is CCN(CC)c1ccc(C(=C2C=C(C(c3ccc(Cl)cc3)C(Cl)(Cl)Cl)CC=C2Cl)c2ccc(N(CC)CC)cc2)cc1. The first kappa shape index (κ1) is 32.8. The predicted molar refractivity (Wildman–Crippen MR) is 187 cm³/mol. The van der Waals surface area contributed by atoms with Gasteiger partial charge in [0.25, 0.3) is 0 Å². The van der Waals surface area contributed by atoms with Gasteiger partial charge in [-0.05, 0) is 92.8 Å². The molecule has 3 aromatic carbocycles. The summed E-state index contributed by atoms with van der Waals surface area (Å²) in [6.45, 7) is 12.5. The third kappa shape index (κ3) is 7.52. The van der Waals surface area contributed by atoms with Gasteiger partial charge in [-0.3, -0.25) is 0 Å². The van der Waals surface area contributed by atoms with Crippen LogP contribution in [0.5, 0.6) is 0 Å². The van der Waals surface area contributed by atoms with E-state index in [0.717, 1.165) is 59.6 Å². The molecule has 1 unspecified atom stereocenters. The van der Waals surface area contributed by atoms with E-state index >= 15 is 0 Å². The normalized spacial score (nSPS) is 14.3. The lowest BCUT2D eigenvalue weighted by molar-refractivity contribution is 0.789. The Morgan fingerprint density at radius 1 is 0.690 bits per heavy atom. The van der Waals surface area contributed by atoms with E-state index < -0.39 is 9.71 Å². The van der Waals surface area contributed by atoms with Crippen LogP contribution in [0.4, 0.5) is 11.4 Å². The highest BCUT2D eigenvalue weighted by atomic mass is 35.6. The molecule has 0 amide bonds. The molecule has 7 heteroatoms. The zero-order valence-corrected chi connectivity index (χ0v) is 28.3. The minimum Gasteiger partial charge on any atom is -0.372 e. The first-order chi connectivity index (χ1) is 20.1. The van der Waals surface area contributed by atoms with Crippen molar-refractivity contribution in [2.24, 2.45) is 0 Å². The Morgan fingerprint density at radius 2 is 1.14 bits per heavy atom. The molecule has 0 saturated carbocycles. The molecule has 4 rings (SSSR count). The summed E-state index contributed by atoms with van der Waals surface area (Å²) in [7, 11) is 0. The standard InChI is InChI=1S/C35H37Cl5N2/c1-5-41(6-2)29-18-11-24(12-19-29)33(25-13-20-30(21-14-25)42(7-3)8-4)31-23-27(15-22-32(31)37)34(35(38,39)40)26-9-16-28(36)17-10-26/h9-14,16-23,34H,5-8,15H2,1-4H3. The maximum Gasteiger partial charge on any atom is 0.201 e. The largest absolute Gasteiger partial charge is 0.372 e. The van der Waals surface area contributed by atoms with Crippen LogP contribution in [0.3, 0.4) is 0 Å². The maximum atomic E-state index is 7.01. The summed E-state index contributed by atoms with van der Waals surface area (Å²) in [5.41, 5.74) is 8.28. The van der Waals surface area contributed by atoms with E-state index in [-0.39, 0.29) is 0 Å². The predicted octanol–water partition coefficient (Wildman–Crippen LogP) is 11.4. The Morgan fingerprint density at radius 3 is 1.55 bits per heavy atom. The fraction of sp³-hybridized carbons (Fsp3) is 0.314. The molecule has 0 spiro atoms. The number of anilines is 2. The second-order valence-electron chi connectivity index (χ2n) is 10.2. The first-order valence-electron chi connectivity index (χ1n) is 14.4. The smallest absolute Gasteiger partial charge is 0.201 e. The number of halogens is 5. The van der Waals surface area contributed by atoms with Crippen molar-refractivity contribution in [3.05, 3.63) is 123 Å². The van der Waals surface area contributed by atoms with Crippen molar-refractivity contribution >= 4 is 75.0 Å². The van der Waals surface area contributed by atoms with Crippen LogP contribution in [0.2, 0.25) is 5.02 Å². The third-order valence-electron chi connectivity index (χ3n) is 7.84. The molecule has 222 valence electrons. The third-order valence-corrected chi connectivity index (χ3v) is 9.11. The molecule has 1 atom stereocenters. The Bertz CT molecular complexity index is 1370. The minimum absolute atomic E-state index is 0.480. The van der Waals surface area contributed by atoms with Crippen LogP contribution >= 0.6 is 58.0 Å². The average molecular weight is 663 g/mol. The van der Waals surface area contributed by atoms with Gasteiger partial charge in [0.15, 0.2) is 0 Å². The highest BCUT2D eigenvalue weighted by Gasteiger charge is 2.37. The van der Waals surface area contributed by atoms with Gasteiger partial charge in [-0.25, -0.2) is 0 Å². The highest BCUT2D eigenvalue weighted by Crippen LogP contribution is 2.49. The molecule has 0 bridgehead atoms. The second kappa shape index (κ2) is 14.6. The van der Waals surface area contributed by atoms with Gasteiger partial charge in [0.1, 0.15) is 0 Å². The Labute approximate surface area is 276 Å². The van der Waals surface area contributed by atoms with Crippen LogP contribution in [0.15, 0.2) is 101 Å². The topological polar surface area (TPSA) is 6.48 Å². The number of benzene rings is 3. The van der Waals surface area contributed by atoms with Gasteiger partial charge in [-0.2, -0.15) is 0 Å². The van der Waals surface area contributed by atoms with Crippen molar-refractivity contribution in [3.63, 3.8) is 0 Å². The number of allylic oxidation sites excluding steroid dienone is 5. The fourth-order valence-corrected chi connectivity index (χ4v) is 6.78. The molecule has 0 aliphatic heterocycles. The van der Waals surface area contributed by atoms with Crippen molar-refractivity contribution in [2.45, 2.75) is 43.8 Å². The van der Waals surface area contributed by atoms with Crippen molar-refractivity contribution in [3.8, 4) is 0 Å². The molecular weight excluding hydrogens is 626 g/mol. The zero-order chi connectivity index (χ0) is 30.4. The maximum absolute atomic E-state index is 7.01.